The summed E-state index contributed by atoms with van der Waals surface area (Å²) in [7, 11) is 1.43. The number of ketones is 1. The normalized spacial score (nSPS) is 10.9. The van der Waals surface area contributed by atoms with Gasteiger partial charge in [-0.05, 0) is 55.0 Å². The van der Waals surface area contributed by atoms with E-state index in [0.717, 1.165) is 5.56 Å². The third kappa shape index (κ3) is 8.93. The molecule has 0 atom stereocenters. The van der Waals surface area contributed by atoms with Gasteiger partial charge in [-0.25, -0.2) is 14.8 Å². The third-order valence-electron chi connectivity index (χ3n) is 5.33. The number of nitrogens with one attached hydrogen (secondary N) is 1. The zero-order valence-corrected chi connectivity index (χ0v) is 22.0. The molecule has 0 unspecified atom stereocenters. The molecule has 0 radical (unpaired) electrons. The summed E-state index contributed by atoms with van der Waals surface area (Å²) in [6, 6.07) is 15.9. The number of halogens is 1. The van der Waals surface area contributed by atoms with Crippen LogP contribution in [0.15, 0.2) is 71.9 Å². The Hall–Kier alpha value is -4.77. The van der Waals surface area contributed by atoms with Gasteiger partial charge in [0.25, 0.3) is 0 Å². The van der Waals surface area contributed by atoms with Gasteiger partial charge < -0.3 is 14.7 Å². The number of Topliss-reactive ketones (excluding diaryl/α,β-unsaturated/α-hetero) is 1. The van der Waals surface area contributed by atoms with Crippen LogP contribution in [-0.2, 0) is 16.1 Å². The van der Waals surface area contributed by atoms with Crippen LogP contribution in [0.5, 0.6) is 11.6 Å². The number of aromatic nitrogens is 1. The number of carboxylic acids is 1. The Labute approximate surface area is 229 Å². The monoisotopic (exact) mass is 551 g/mol. The molecule has 0 spiro atoms. The Balaban J connectivity index is 1.82. The van der Waals surface area contributed by atoms with Crippen molar-refractivity contribution < 1.29 is 29.0 Å². The maximum absolute atomic E-state index is 12.7. The van der Waals surface area contributed by atoms with E-state index in [4.69, 9.17) is 21.4 Å². The molecular formula is C27H26ClN5O6. The van der Waals surface area contributed by atoms with Crippen LogP contribution in [0.1, 0.15) is 29.3 Å². The van der Waals surface area contributed by atoms with Gasteiger partial charge in [-0.2, -0.15) is 0 Å². The molecule has 3 aromatic rings. The SMILES string of the molecule is CC(=O)c1ccc(Oc2ccc(N=C(NC(=O)N(C)CCC(=O)O)N(C=O)Cc3ccc(Cl)cc3)cc2)nc1. The molecule has 1 heterocycles. The largest absolute Gasteiger partial charge is 0.481 e. The molecule has 3 amide bonds. The number of benzene rings is 2. The Morgan fingerprint density at radius 1 is 1.08 bits per heavy atom. The number of amides is 3. The molecule has 0 saturated carbocycles. The maximum atomic E-state index is 12.7. The maximum Gasteiger partial charge on any atom is 0.323 e. The Morgan fingerprint density at radius 3 is 2.33 bits per heavy atom. The first-order chi connectivity index (χ1) is 18.6. The topological polar surface area (TPSA) is 142 Å². The predicted octanol–water partition coefficient (Wildman–Crippen LogP) is 4.49. The molecule has 3 rings (SSSR count). The molecule has 0 bridgehead atoms. The van der Waals surface area contributed by atoms with Crippen LogP contribution in [0, 0.1) is 0 Å². The molecule has 0 aliphatic carbocycles. The van der Waals surface area contributed by atoms with Gasteiger partial charge in [0.15, 0.2) is 5.78 Å². The number of carbonyl (C=O) groups excluding carboxylic acids is 3. The van der Waals surface area contributed by atoms with Crippen LogP contribution in [0.4, 0.5) is 10.5 Å². The summed E-state index contributed by atoms with van der Waals surface area (Å²) in [5.74, 6) is -0.476. The van der Waals surface area contributed by atoms with Crippen molar-refractivity contribution in [1.29, 1.82) is 0 Å². The number of pyridine rings is 1. The van der Waals surface area contributed by atoms with Crippen molar-refractivity contribution in [2.24, 2.45) is 4.99 Å². The van der Waals surface area contributed by atoms with E-state index in [0.29, 0.717) is 34.3 Å². The molecule has 0 saturated heterocycles. The number of rotatable bonds is 10. The number of hydrogen-bond acceptors (Lipinski definition) is 7. The van der Waals surface area contributed by atoms with E-state index in [9.17, 15) is 19.2 Å². The smallest absolute Gasteiger partial charge is 0.323 e. The van der Waals surface area contributed by atoms with Crippen molar-refractivity contribution in [2.75, 3.05) is 13.6 Å². The van der Waals surface area contributed by atoms with Gasteiger partial charge in [0.2, 0.25) is 18.2 Å². The second kappa shape index (κ2) is 13.7. The van der Waals surface area contributed by atoms with Crippen molar-refractivity contribution in [1.82, 2.24) is 20.1 Å². The van der Waals surface area contributed by atoms with E-state index in [2.05, 4.69) is 15.3 Å². The Kier molecular flexibility index (Phi) is 10.1. The van der Waals surface area contributed by atoms with Crippen molar-refractivity contribution in [3.8, 4) is 11.6 Å². The quantitative estimate of drug-likeness (QED) is 0.164. The molecule has 1 aromatic heterocycles. The number of hydrogen-bond donors (Lipinski definition) is 2. The Morgan fingerprint density at radius 2 is 1.77 bits per heavy atom. The van der Waals surface area contributed by atoms with Gasteiger partial charge in [-0.3, -0.25) is 24.6 Å². The molecule has 202 valence electrons. The van der Waals surface area contributed by atoms with Crippen LogP contribution in [0.2, 0.25) is 5.02 Å². The fraction of sp³-hybridized carbons (Fsp3) is 0.185. The minimum Gasteiger partial charge on any atom is -0.481 e. The lowest BCUT2D eigenvalue weighted by atomic mass is 10.2. The van der Waals surface area contributed by atoms with E-state index in [-0.39, 0.29) is 31.3 Å². The summed E-state index contributed by atoms with van der Waals surface area (Å²) in [4.78, 5) is 58.0. The van der Waals surface area contributed by atoms with Gasteiger partial charge in [0.1, 0.15) is 5.75 Å². The fourth-order valence-electron chi connectivity index (χ4n) is 3.15. The summed E-state index contributed by atoms with van der Waals surface area (Å²) in [5.41, 5.74) is 1.60. The van der Waals surface area contributed by atoms with Crippen LogP contribution in [0.3, 0.4) is 0 Å². The lowest BCUT2D eigenvalue weighted by Gasteiger charge is -2.23. The highest BCUT2D eigenvalue weighted by Crippen LogP contribution is 2.23. The zero-order valence-electron chi connectivity index (χ0n) is 21.2. The van der Waals surface area contributed by atoms with E-state index in [1.165, 1.54) is 30.0 Å². The summed E-state index contributed by atoms with van der Waals surface area (Å²) in [6.45, 7) is 1.49. The molecule has 2 aromatic carbocycles. The first-order valence-electron chi connectivity index (χ1n) is 11.7. The zero-order chi connectivity index (χ0) is 28.4. The van der Waals surface area contributed by atoms with Crippen molar-refractivity contribution in [3.63, 3.8) is 0 Å². The van der Waals surface area contributed by atoms with E-state index < -0.39 is 12.0 Å². The summed E-state index contributed by atoms with van der Waals surface area (Å²) in [6.07, 6.45) is 1.71. The highest BCUT2D eigenvalue weighted by Gasteiger charge is 2.18. The number of carbonyl (C=O) groups is 4. The number of urea groups is 1. The van der Waals surface area contributed by atoms with Gasteiger partial charge in [-0.15, -0.1) is 0 Å². The standard InChI is InChI=1S/C27H26ClN5O6/c1-18(35)20-5-12-24(29-15-20)39-23-10-8-22(9-11-23)30-26(31-27(38)32(2)14-13-25(36)37)33(17-34)16-19-3-6-21(28)7-4-19/h3-12,15,17H,13-14,16H2,1-2H3,(H,36,37)(H,30,31,38). The third-order valence-corrected chi connectivity index (χ3v) is 5.58. The predicted molar refractivity (Wildman–Crippen MR) is 144 cm³/mol. The van der Waals surface area contributed by atoms with E-state index in [1.807, 2.05) is 0 Å². The number of guanidine groups is 1. The average Bonchev–Trinajstić information content (AvgIpc) is 2.92. The summed E-state index contributed by atoms with van der Waals surface area (Å²) in [5, 5.41) is 12.0. The van der Waals surface area contributed by atoms with Crippen molar-refractivity contribution in [3.05, 3.63) is 83.0 Å². The van der Waals surface area contributed by atoms with E-state index >= 15 is 0 Å². The number of nitrogens with zero attached hydrogens (tertiary/aromatic N) is 4. The second-order valence-electron chi connectivity index (χ2n) is 8.33. The van der Waals surface area contributed by atoms with Crippen LogP contribution >= 0.6 is 11.6 Å². The number of aliphatic carboxylic acids is 1. The van der Waals surface area contributed by atoms with Gasteiger partial charge in [0.05, 0.1) is 18.7 Å². The van der Waals surface area contributed by atoms with Crippen LogP contribution in [0.25, 0.3) is 0 Å². The lowest BCUT2D eigenvalue weighted by Crippen LogP contribution is -2.48. The molecule has 11 nitrogen and oxygen atoms in total. The fourth-order valence-corrected chi connectivity index (χ4v) is 3.28. The molecule has 0 fully saturated rings. The second-order valence-corrected chi connectivity index (χ2v) is 8.76. The van der Waals surface area contributed by atoms with Gasteiger partial charge in [0, 0.05) is 36.4 Å². The molecule has 39 heavy (non-hydrogen) atoms. The molecule has 0 aliphatic heterocycles. The number of ether oxygens (including phenoxy) is 1. The highest BCUT2D eigenvalue weighted by molar-refractivity contribution is 6.30. The Bertz CT molecular complexity index is 1340. The summed E-state index contributed by atoms with van der Waals surface area (Å²) < 4.78 is 5.70. The summed E-state index contributed by atoms with van der Waals surface area (Å²) >= 11 is 5.95. The van der Waals surface area contributed by atoms with Gasteiger partial charge >= 0.3 is 12.0 Å². The minimum atomic E-state index is -1.05. The average molecular weight is 552 g/mol. The first-order valence-corrected chi connectivity index (χ1v) is 12.1. The van der Waals surface area contributed by atoms with Crippen LogP contribution in [-0.4, -0.2) is 63.6 Å². The molecular weight excluding hydrogens is 526 g/mol. The number of carboxylic acid groups (broad SMARTS) is 1. The van der Waals surface area contributed by atoms with Crippen molar-refractivity contribution in [2.45, 2.75) is 19.9 Å². The highest BCUT2D eigenvalue weighted by atomic mass is 35.5. The minimum absolute atomic E-state index is 0.0415. The molecule has 2 N–H and O–H groups in total. The van der Waals surface area contributed by atoms with Crippen LogP contribution < -0.4 is 10.1 Å². The lowest BCUT2D eigenvalue weighted by molar-refractivity contribution is -0.137. The first kappa shape index (κ1) is 28.8. The molecule has 12 heteroatoms. The molecule has 0 aliphatic rings. The number of aliphatic imine (C=N–C) groups is 1. The van der Waals surface area contributed by atoms with Gasteiger partial charge in [-0.1, -0.05) is 23.7 Å². The van der Waals surface area contributed by atoms with E-state index in [1.54, 1.807) is 60.7 Å². The van der Waals surface area contributed by atoms with Crippen molar-refractivity contribution >= 4 is 47.4 Å².